The molecule has 0 atom stereocenters. The summed E-state index contributed by atoms with van der Waals surface area (Å²) in [5.74, 6) is 2.15. The summed E-state index contributed by atoms with van der Waals surface area (Å²) in [6.45, 7) is 7.97. The van der Waals surface area contributed by atoms with Gasteiger partial charge in [0.05, 0.1) is 6.54 Å². The third-order valence-corrected chi connectivity index (χ3v) is 3.86. The van der Waals surface area contributed by atoms with Crippen LogP contribution in [-0.4, -0.2) is 30.6 Å². The standard InChI is InChI=1S/C17H29N5.HI/c1-14(2)12-20-17(18)21-13-15-7-8-19-16(11-15)22-9-5-3-4-6-10-22;/h7-8,11,14H,3-6,9-10,12-13H2,1-2H3,(H3,18,20,21);1H. The lowest BCUT2D eigenvalue weighted by molar-refractivity contribution is 0.622. The molecule has 23 heavy (non-hydrogen) atoms. The second-order valence-electron chi connectivity index (χ2n) is 6.40. The van der Waals surface area contributed by atoms with E-state index in [1.165, 1.54) is 25.7 Å². The number of aliphatic imine (C=N–C) groups is 1. The van der Waals surface area contributed by atoms with Gasteiger partial charge in [-0.15, -0.1) is 24.0 Å². The van der Waals surface area contributed by atoms with Crippen molar-refractivity contribution < 1.29 is 0 Å². The van der Waals surface area contributed by atoms with E-state index in [9.17, 15) is 0 Å². The molecule has 0 aliphatic carbocycles. The van der Waals surface area contributed by atoms with Gasteiger partial charge in [0.15, 0.2) is 5.96 Å². The van der Waals surface area contributed by atoms with Crippen molar-refractivity contribution in [3.05, 3.63) is 23.9 Å². The van der Waals surface area contributed by atoms with Crippen molar-refractivity contribution in [2.45, 2.75) is 46.1 Å². The second kappa shape index (κ2) is 10.7. The van der Waals surface area contributed by atoms with E-state index in [2.05, 4.69) is 40.1 Å². The van der Waals surface area contributed by atoms with Gasteiger partial charge in [-0.05, 0) is 36.5 Å². The van der Waals surface area contributed by atoms with Gasteiger partial charge in [0.2, 0.25) is 0 Å². The first-order valence-electron chi connectivity index (χ1n) is 8.39. The van der Waals surface area contributed by atoms with E-state index in [0.717, 1.165) is 31.0 Å². The van der Waals surface area contributed by atoms with Gasteiger partial charge in [-0.3, -0.25) is 0 Å². The van der Waals surface area contributed by atoms with E-state index in [1.807, 2.05) is 12.3 Å². The highest BCUT2D eigenvalue weighted by Crippen LogP contribution is 2.18. The Morgan fingerprint density at radius 1 is 1.30 bits per heavy atom. The number of nitrogens with zero attached hydrogens (tertiary/aromatic N) is 3. The molecule has 0 unspecified atom stereocenters. The first-order valence-corrected chi connectivity index (χ1v) is 8.39. The fourth-order valence-electron chi connectivity index (χ4n) is 2.57. The zero-order chi connectivity index (χ0) is 15.8. The Morgan fingerprint density at radius 2 is 2.00 bits per heavy atom. The molecule has 1 aliphatic heterocycles. The van der Waals surface area contributed by atoms with E-state index < -0.39 is 0 Å². The Bertz CT molecular complexity index is 482. The van der Waals surface area contributed by atoms with E-state index in [4.69, 9.17) is 5.73 Å². The zero-order valence-electron chi connectivity index (χ0n) is 14.3. The minimum Gasteiger partial charge on any atom is -0.370 e. The van der Waals surface area contributed by atoms with Gasteiger partial charge in [0.1, 0.15) is 5.82 Å². The summed E-state index contributed by atoms with van der Waals surface area (Å²) in [6.07, 6.45) is 7.06. The molecule has 130 valence electrons. The van der Waals surface area contributed by atoms with Crippen molar-refractivity contribution in [1.29, 1.82) is 0 Å². The average molecular weight is 431 g/mol. The molecular formula is C17H30IN5. The first kappa shape index (κ1) is 20.0. The predicted octanol–water partition coefficient (Wildman–Crippen LogP) is 3.14. The van der Waals surface area contributed by atoms with Gasteiger partial charge >= 0.3 is 0 Å². The van der Waals surface area contributed by atoms with Gasteiger partial charge < -0.3 is 16.0 Å². The van der Waals surface area contributed by atoms with Crippen molar-refractivity contribution in [1.82, 2.24) is 10.3 Å². The van der Waals surface area contributed by atoms with Gasteiger partial charge in [0, 0.05) is 25.8 Å². The highest BCUT2D eigenvalue weighted by molar-refractivity contribution is 14.0. The number of nitrogens with one attached hydrogen (secondary N) is 1. The van der Waals surface area contributed by atoms with E-state index >= 15 is 0 Å². The van der Waals surface area contributed by atoms with Crippen LogP contribution in [0.5, 0.6) is 0 Å². The fourth-order valence-corrected chi connectivity index (χ4v) is 2.57. The molecule has 0 spiro atoms. The van der Waals surface area contributed by atoms with Crippen LogP contribution in [0.15, 0.2) is 23.3 Å². The maximum atomic E-state index is 5.88. The Kier molecular flexibility index (Phi) is 9.28. The minimum absolute atomic E-state index is 0. The van der Waals surface area contributed by atoms with Gasteiger partial charge in [0.25, 0.3) is 0 Å². The molecule has 2 rings (SSSR count). The first-order chi connectivity index (χ1) is 10.6. The number of pyridine rings is 1. The summed E-state index contributed by atoms with van der Waals surface area (Å²) in [5.41, 5.74) is 7.04. The molecule has 0 amide bonds. The molecule has 1 saturated heterocycles. The van der Waals surface area contributed by atoms with Gasteiger partial charge in [-0.25, -0.2) is 9.98 Å². The molecule has 1 aromatic heterocycles. The molecule has 1 fully saturated rings. The molecule has 0 bridgehead atoms. The molecule has 0 saturated carbocycles. The van der Waals surface area contributed by atoms with Crippen LogP contribution in [0, 0.1) is 5.92 Å². The number of halogens is 1. The minimum atomic E-state index is 0. The molecule has 0 radical (unpaired) electrons. The summed E-state index contributed by atoms with van der Waals surface area (Å²) in [7, 11) is 0. The van der Waals surface area contributed by atoms with E-state index in [-0.39, 0.29) is 24.0 Å². The largest absolute Gasteiger partial charge is 0.370 e. The van der Waals surface area contributed by atoms with Gasteiger partial charge in [-0.1, -0.05) is 26.7 Å². The number of guanidine groups is 1. The van der Waals surface area contributed by atoms with Crippen LogP contribution < -0.4 is 16.0 Å². The highest BCUT2D eigenvalue weighted by atomic mass is 127. The van der Waals surface area contributed by atoms with Crippen LogP contribution in [0.4, 0.5) is 5.82 Å². The van der Waals surface area contributed by atoms with Crippen LogP contribution in [0.2, 0.25) is 0 Å². The topological polar surface area (TPSA) is 66.5 Å². The van der Waals surface area contributed by atoms with Crippen molar-refractivity contribution >= 4 is 35.8 Å². The van der Waals surface area contributed by atoms with Crippen LogP contribution in [0.25, 0.3) is 0 Å². The van der Waals surface area contributed by atoms with E-state index in [1.54, 1.807) is 0 Å². The lowest BCUT2D eigenvalue weighted by atomic mass is 10.2. The molecule has 3 N–H and O–H groups in total. The molecule has 5 nitrogen and oxygen atoms in total. The van der Waals surface area contributed by atoms with Crippen LogP contribution in [-0.2, 0) is 6.54 Å². The third-order valence-electron chi connectivity index (χ3n) is 3.86. The summed E-state index contributed by atoms with van der Waals surface area (Å²) in [6, 6.07) is 4.16. The predicted molar refractivity (Wildman–Crippen MR) is 109 cm³/mol. The Hall–Kier alpha value is -1.05. The maximum Gasteiger partial charge on any atom is 0.188 e. The quantitative estimate of drug-likeness (QED) is 0.427. The fraction of sp³-hybridized carbons (Fsp3) is 0.647. The van der Waals surface area contributed by atoms with Crippen molar-refractivity contribution in [3.8, 4) is 0 Å². The molecule has 2 heterocycles. The molecule has 6 heteroatoms. The second-order valence-corrected chi connectivity index (χ2v) is 6.40. The average Bonchev–Trinajstić information content (AvgIpc) is 2.80. The molecule has 0 aromatic carbocycles. The van der Waals surface area contributed by atoms with Crippen LogP contribution in [0.1, 0.15) is 45.1 Å². The highest BCUT2D eigenvalue weighted by Gasteiger charge is 2.11. The number of anilines is 1. The van der Waals surface area contributed by atoms with Gasteiger partial charge in [-0.2, -0.15) is 0 Å². The van der Waals surface area contributed by atoms with Crippen LogP contribution in [0.3, 0.4) is 0 Å². The lowest BCUT2D eigenvalue weighted by Gasteiger charge is -2.21. The Labute approximate surface area is 157 Å². The SMILES string of the molecule is CC(C)CNC(N)=NCc1ccnc(N2CCCCCC2)c1.I. The Morgan fingerprint density at radius 3 is 2.65 bits per heavy atom. The molecular weight excluding hydrogens is 401 g/mol. The van der Waals surface area contributed by atoms with Crippen molar-refractivity contribution in [2.75, 3.05) is 24.5 Å². The van der Waals surface area contributed by atoms with Crippen LogP contribution >= 0.6 is 24.0 Å². The summed E-state index contributed by atoms with van der Waals surface area (Å²) >= 11 is 0. The number of hydrogen-bond donors (Lipinski definition) is 2. The zero-order valence-corrected chi connectivity index (χ0v) is 16.6. The summed E-state index contributed by atoms with van der Waals surface area (Å²) in [4.78, 5) is 11.3. The third kappa shape index (κ3) is 7.37. The van der Waals surface area contributed by atoms with Crippen molar-refractivity contribution in [3.63, 3.8) is 0 Å². The molecule has 1 aliphatic rings. The smallest absolute Gasteiger partial charge is 0.188 e. The van der Waals surface area contributed by atoms with Crippen molar-refractivity contribution in [2.24, 2.45) is 16.6 Å². The monoisotopic (exact) mass is 431 g/mol. The number of hydrogen-bond acceptors (Lipinski definition) is 3. The lowest BCUT2D eigenvalue weighted by Crippen LogP contribution is -2.34. The summed E-state index contributed by atoms with van der Waals surface area (Å²) in [5, 5.41) is 3.14. The summed E-state index contributed by atoms with van der Waals surface area (Å²) < 4.78 is 0. The molecule has 1 aromatic rings. The maximum absolute atomic E-state index is 5.88. The number of nitrogens with two attached hydrogens (primary N) is 1. The number of aromatic nitrogens is 1. The number of rotatable bonds is 5. The Balaban J connectivity index is 0.00000264. The normalized spacial score (nSPS) is 16.0. The van der Waals surface area contributed by atoms with E-state index in [0.29, 0.717) is 18.4 Å².